The normalized spacial score (nSPS) is 13.9. The molecule has 0 rings (SSSR count). The lowest BCUT2D eigenvalue weighted by Gasteiger charge is -2.48. The van der Waals surface area contributed by atoms with Crippen LogP contribution >= 0.6 is 0 Å². The van der Waals surface area contributed by atoms with E-state index in [4.69, 9.17) is 10.2 Å². The first-order valence-corrected chi connectivity index (χ1v) is 5.28. The third kappa shape index (κ3) is 4.72. The van der Waals surface area contributed by atoms with Crippen molar-refractivity contribution in [3.8, 4) is 0 Å². The minimum atomic E-state index is -0.600. The molecule has 0 bridgehead atoms. The number of hydrogen-bond acceptors (Lipinski definition) is 4. The van der Waals surface area contributed by atoms with Crippen LogP contribution in [0, 0.1) is 5.21 Å². The minimum Gasteiger partial charge on any atom is -0.632 e. The van der Waals surface area contributed by atoms with Crippen LogP contribution in [0.25, 0.3) is 0 Å². The fourth-order valence-electron chi connectivity index (χ4n) is 1.62. The molecule has 0 saturated carbocycles. The predicted octanol–water partition coefficient (Wildman–Crippen LogP) is -0.203. The minimum absolute atomic E-state index is 0.100. The van der Waals surface area contributed by atoms with E-state index in [-0.39, 0.29) is 32.5 Å². The highest BCUT2D eigenvalue weighted by Crippen LogP contribution is 2.12. The highest BCUT2D eigenvalue weighted by molar-refractivity contribution is 4.71. The molecule has 15 heavy (non-hydrogen) atoms. The van der Waals surface area contributed by atoms with Gasteiger partial charge >= 0.3 is 0 Å². The summed E-state index contributed by atoms with van der Waals surface area (Å²) in [7, 11) is 0. The Morgan fingerprint density at radius 3 is 2.27 bits per heavy atom. The van der Waals surface area contributed by atoms with Crippen LogP contribution in [0.2, 0.25) is 0 Å². The van der Waals surface area contributed by atoms with Gasteiger partial charge in [0.1, 0.15) is 19.3 Å². The average Bonchev–Trinajstić information content (AvgIpc) is 2.19. The molecule has 0 fully saturated rings. The maximum Gasteiger partial charge on any atom is 0.142 e. The molecule has 0 aromatic carbocycles. The van der Waals surface area contributed by atoms with Crippen LogP contribution in [0.3, 0.4) is 0 Å². The summed E-state index contributed by atoms with van der Waals surface area (Å²) >= 11 is 0. The maximum atomic E-state index is 12.3. The molecule has 5 nitrogen and oxygen atoms in total. The second kappa shape index (κ2) is 7.78. The fourth-order valence-corrected chi connectivity index (χ4v) is 1.62. The summed E-state index contributed by atoms with van der Waals surface area (Å²) in [6.07, 6.45) is 2.03. The Labute approximate surface area is 91.2 Å². The molecule has 1 unspecified atom stereocenters. The highest BCUT2D eigenvalue weighted by atomic mass is 16.6. The summed E-state index contributed by atoms with van der Waals surface area (Å²) in [5.41, 5.74) is 0. The maximum absolute atomic E-state index is 12.3. The van der Waals surface area contributed by atoms with Crippen LogP contribution in [0.15, 0.2) is 12.7 Å². The number of hydroxylamine groups is 3. The highest BCUT2D eigenvalue weighted by Gasteiger charge is 2.25. The van der Waals surface area contributed by atoms with E-state index in [0.29, 0.717) is 13.0 Å². The van der Waals surface area contributed by atoms with Crippen molar-refractivity contribution < 1.29 is 14.9 Å². The second-order valence-electron chi connectivity index (χ2n) is 3.47. The van der Waals surface area contributed by atoms with E-state index in [1.165, 1.54) is 0 Å². The van der Waals surface area contributed by atoms with Gasteiger partial charge in [-0.15, -0.1) is 6.58 Å². The van der Waals surface area contributed by atoms with E-state index in [0.717, 1.165) is 0 Å². The van der Waals surface area contributed by atoms with Gasteiger partial charge in [-0.05, 0) is 0 Å². The summed E-state index contributed by atoms with van der Waals surface area (Å²) in [6.45, 7) is 5.89. The van der Waals surface area contributed by atoms with E-state index in [9.17, 15) is 5.21 Å². The van der Waals surface area contributed by atoms with Gasteiger partial charge in [0.05, 0.1) is 13.2 Å². The van der Waals surface area contributed by atoms with Crippen molar-refractivity contribution in [2.75, 3.05) is 32.8 Å². The van der Waals surface area contributed by atoms with Crippen molar-refractivity contribution in [2.45, 2.75) is 19.5 Å². The molecule has 90 valence electrons. The number of quaternary nitrogens is 1. The molecule has 0 spiro atoms. The van der Waals surface area contributed by atoms with Gasteiger partial charge < -0.3 is 20.1 Å². The molecule has 1 atom stereocenters. The van der Waals surface area contributed by atoms with E-state index in [2.05, 4.69) is 11.9 Å². The van der Waals surface area contributed by atoms with Gasteiger partial charge in [0.2, 0.25) is 0 Å². The van der Waals surface area contributed by atoms with Gasteiger partial charge in [0.25, 0.3) is 0 Å². The van der Waals surface area contributed by atoms with E-state index >= 15 is 0 Å². The summed E-state index contributed by atoms with van der Waals surface area (Å²) in [6, 6.07) is 0. The van der Waals surface area contributed by atoms with E-state index in [1.807, 2.05) is 6.92 Å². The Kier molecular flexibility index (Phi) is 7.54. The number of nitrogens with one attached hydrogen (secondary N) is 1. The Bertz CT molecular complexity index is 170. The number of rotatable bonds is 9. The molecule has 0 aliphatic rings. The molecule has 0 radical (unpaired) electrons. The number of aliphatic hydroxyl groups excluding tert-OH is 2. The molecule has 0 aromatic rings. The van der Waals surface area contributed by atoms with Gasteiger partial charge in [-0.1, -0.05) is 13.0 Å². The Morgan fingerprint density at radius 1 is 1.40 bits per heavy atom. The standard InChI is InChI=1S/C10H22N2O3/c1-3-5-11-10(4-2)12(15,6-8-13)7-9-14/h3,10-11,13-14H,1,4-9H2,2H3. The molecule has 0 aliphatic carbocycles. The van der Waals surface area contributed by atoms with Crippen LogP contribution in [0.1, 0.15) is 13.3 Å². The molecular weight excluding hydrogens is 196 g/mol. The van der Waals surface area contributed by atoms with Crippen molar-refractivity contribution >= 4 is 0 Å². The first-order chi connectivity index (χ1) is 7.14. The first-order valence-electron chi connectivity index (χ1n) is 5.28. The average molecular weight is 218 g/mol. The second-order valence-corrected chi connectivity index (χ2v) is 3.47. The van der Waals surface area contributed by atoms with Gasteiger partial charge in [-0.2, -0.15) is 0 Å². The fraction of sp³-hybridized carbons (Fsp3) is 0.800. The number of aliphatic hydroxyl groups is 2. The van der Waals surface area contributed by atoms with Crippen molar-refractivity contribution in [3.63, 3.8) is 0 Å². The molecule has 0 amide bonds. The molecule has 0 heterocycles. The van der Waals surface area contributed by atoms with Crippen LogP contribution in [-0.2, 0) is 0 Å². The Balaban J connectivity index is 4.44. The van der Waals surface area contributed by atoms with Crippen LogP contribution in [0.5, 0.6) is 0 Å². The van der Waals surface area contributed by atoms with Gasteiger partial charge in [0, 0.05) is 13.0 Å². The first kappa shape index (κ1) is 14.5. The van der Waals surface area contributed by atoms with Crippen molar-refractivity contribution in [1.82, 2.24) is 5.32 Å². The zero-order valence-corrected chi connectivity index (χ0v) is 9.35. The smallest absolute Gasteiger partial charge is 0.142 e. The number of nitrogens with zero attached hydrogens (tertiary/aromatic N) is 1. The van der Waals surface area contributed by atoms with Gasteiger partial charge in [0.15, 0.2) is 0 Å². The van der Waals surface area contributed by atoms with E-state index in [1.54, 1.807) is 6.08 Å². The van der Waals surface area contributed by atoms with Crippen molar-refractivity contribution in [1.29, 1.82) is 0 Å². The van der Waals surface area contributed by atoms with E-state index < -0.39 is 4.65 Å². The summed E-state index contributed by atoms with van der Waals surface area (Å²) in [5.74, 6) is 0. The molecule has 3 N–H and O–H groups in total. The van der Waals surface area contributed by atoms with Crippen LogP contribution in [0.4, 0.5) is 0 Å². The summed E-state index contributed by atoms with van der Waals surface area (Å²) < 4.78 is -0.600. The Morgan fingerprint density at radius 2 is 1.93 bits per heavy atom. The van der Waals surface area contributed by atoms with Crippen LogP contribution < -0.4 is 5.32 Å². The molecule has 5 heteroatoms. The van der Waals surface area contributed by atoms with Crippen LogP contribution in [-0.4, -0.2) is 53.9 Å². The summed E-state index contributed by atoms with van der Waals surface area (Å²) in [5, 5.41) is 33.0. The lowest BCUT2D eigenvalue weighted by Crippen LogP contribution is -2.59. The largest absolute Gasteiger partial charge is 0.632 e. The Hall–Kier alpha value is -0.460. The SMILES string of the molecule is C=CCNC(CC)[N+]([O-])(CCO)CCO. The topological polar surface area (TPSA) is 75.5 Å². The lowest BCUT2D eigenvalue weighted by atomic mass is 10.3. The monoisotopic (exact) mass is 218 g/mol. The van der Waals surface area contributed by atoms with Crippen molar-refractivity contribution in [2.24, 2.45) is 0 Å². The molecule has 0 aromatic heterocycles. The predicted molar refractivity (Wildman–Crippen MR) is 59.8 cm³/mol. The lowest BCUT2D eigenvalue weighted by molar-refractivity contribution is -0.909. The summed E-state index contributed by atoms with van der Waals surface area (Å²) in [4.78, 5) is 0. The molecular formula is C10H22N2O3. The zero-order valence-electron chi connectivity index (χ0n) is 9.35. The third-order valence-corrected chi connectivity index (χ3v) is 2.41. The number of hydrogen-bond donors (Lipinski definition) is 3. The third-order valence-electron chi connectivity index (χ3n) is 2.41. The van der Waals surface area contributed by atoms with Crippen molar-refractivity contribution in [3.05, 3.63) is 17.9 Å². The zero-order chi connectivity index (χ0) is 11.7. The molecule has 0 saturated heterocycles. The molecule has 0 aliphatic heterocycles. The van der Waals surface area contributed by atoms with Gasteiger partial charge in [-0.25, -0.2) is 0 Å². The quantitative estimate of drug-likeness (QED) is 0.217. The van der Waals surface area contributed by atoms with Gasteiger partial charge in [-0.3, -0.25) is 5.32 Å².